The van der Waals surface area contributed by atoms with Crippen molar-refractivity contribution in [3.8, 4) is 5.69 Å². The van der Waals surface area contributed by atoms with E-state index in [2.05, 4.69) is 5.32 Å². The van der Waals surface area contributed by atoms with Crippen LogP contribution in [0.1, 0.15) is 16.8 Å². The minimum atomic E-state index is -4.38. The van der Waals surface area contributed by atoms with E-state index in [9.17, 15) is 22.4 Å². The monoisotopic (exact) mass is 520 g/mol. The molecule has 0 fully saturated rings. The molecule has 4 aromatic rings. The molecule has 0 saturated carbocycles. The lowest BCUT2D eigenvalue weighted by Crippen LogP contribution is -2.51. The number of hydrogen-bond acceptors (Lipinski definition) is 4. The first-order valence-corrected chi connectivity index (χ1v) is 13.1. The quantitative estimate of drug-likeness (QED) is 0.437. The Balaban J connectivity index is 1.55. The number of carbonyl (C=O) groups is 1. The van der Waals surface area contributed by atoms with E-state index in [1.54, 1.807) is 55.1 Å². The number of sulfonamides is 1. The van der Waals surface area contributed by atoms with Crippen LogP contribution in [0.2, 0.25) is 0 Å². The molecule has 0 radical (unpaired) electrons. The molecule has 1 atom stereocenters. The van der Waals surface area contributed by atoms with E-state index in [-0.39, 0.29) is 18.7 Å². The maximum absolute atomic E-state index is 14.6. The number of benzene rings is 3. The third-order valence-corrected chi connectivity index (χ3v) is 8.62. The molecule has 0 saturated heterocycles. The molecule has 1 aliphatic heterocycles. The standard InChI is InChI=1S/C27H25FN4O4S/c1-18-25(27(34)32(30(18)2)21-12-4-3-5-13-21)29-26(33)23-16-19-10-6-7-11-20(19)17-31(23)37(35,36)24-15-9-8-14-22(24)28/h3-15,23H,16-17H2,1-2H3,(H,29,33). The second-order valence-corrected chi connectivity index (χ2v) is 10.8. The van der Waals surface area contributed by atoms with Crippen LogP contribution < -0.4 is 10.9 Å². The van der Waals surface area contributed by atoms with Crippen molar-refractivity contribution in [1.82, 2.24) is 13.7 Å². The highest BCUT2D eigenvalue weighted by Crippen LogP contribution is 2.31. The summed E-state index contributed by atoms with van der Waals surface area (Å²) in [6, 6.07) is 20.1. The number of para-hydroxylation sites is 1. The Morgan fingerprint density at radius 2 is 1.57 bits per heavy atom. The molecule has 5 rings (SSSR count). The number of amides is 1. The van der Waals surface area contributed by atoms with Gasteiger partial charge in [-0.25, -0.2) is 17.5 Å². The zero-order chi connectivity index (χ0) is 26.3. The number of nitrogens with one attached hydrogen (secondary N) is 1. The van der Waals surface area contributed by atoms with Crippen LogP contribution in [0.5, 0.6) is 0 Å². The van der Waals surface area contributed by atoms with Crippen LogP contribution in [0.3, 0.4) is 0 Å². The van der Waals surface area contributed by atoms with Gasteiger partial charge >= 0.3 is 0 Å². The zero-order valence-corrected chi connectivity index (χ0v) is 21.1. The predicted molar refractivity (Wildman–Crippen MR) is 137 cm³/mol. The summed E-state index contributed by atoms with van der Waals surface area (Å²) in [6.45, 7) is 1.59. The normalized spacial score (nSPS) is 15.8. The van der Waals surface area contributed by atoms with Crippen LogP contribution in [-0.2, 0) is 34.8 Å². The number of fused-ring (bicyclic) bond motifs is 1. The molecule has 8 nitrogen and oxygen atoms in total. The number of halogens is 1. The first-order valence-electron chi connectivity index (χ1n) is 11.7. The molecule has 3 aromatic carbocycles. The fraction of sp³-hybridized carbons (Fsp3) is 0.185. The average Bonchev–Trinajstić information content (AvgIpc) is 3.11. The lowest BCUT2D eigenvalue weighted by Gasteiger charge is -2.35. The van der Waals surface area contributed by atoms with Crippen molar-refractivity contribution in [1.29, 1.82) is 0 Å². The number of carbonyl (C=O) groups excluding carboxylic acids is 1. The molecule has 1 aromatic heterocycles. The van der Waals surface area contributed by atoms with Gasteiger partial charge in [-0.2, -0.15) is 4.31 Å². The SMILES string of the molecule is Cc1c(NC(=O)C2Cc3ccccc3CN2S(=O)(=O)c2ccccc2F)c(=O)n(-c2ccccc2)n1C. The van der Waals surface area contributed by atoms with Crippen LogP contribution in [0, 0.1) is 12.7 Å². The maximum Gasteiger partial charge on any atom is 0.295 e. The summed E-state index contributed by atoms with van der Waals surface area (Å²) in [5.74, 6) is -1.56. The topological polar surface area (TPSA) is 93.4 Å². The molecule has 0 spiro atoms. The Morgan fingerprint density at radius 1 is 0.946 bits per heavy atom. The van der Waals surface area contributed by atoms with Crippen LogP contribution >= 0.6 is 0 Å². The summed E-state index contributed by atoms with van der Waals surface area (Å²) in [5, 5.41) is 2.69. The van der Waals surface area contributed by atoms with E-state index < -0.39 is 38.2 Å². The van der Waals surface area contributed by atoms with Crippen molar-refractivity contribution in [2.24, 2.45) is 7.05 Å². The highest BCUT2D eigenvalue weighted by Gasteiger charge is 2.41. The Bertz CT molecular complexity index is 1660. The molecule has 2 heterocycles. The smallest absolute Gasteiger partial charge is 0.295 e. The van der Waals surface area contributed by atoms with Crippen molar-refractivity contribution in [3.63, 3.8) is 0 Å². The van der Waals surface area contributed by atoms with E-state index in [0.717, 1.165) is 21.5 Å². The summed E-state index contributed by atoms with van der Waals surface area (Å²) in [7, 11) is -2.68. The number of aromatic nitrogens is 2. The third-order valence-electron chi connectivity index (χ3n) is 6.73. The first-order chi connectivity index (χ1) is 17.7. The summed E-state index contributed by atoms with van der Waals surface area (Å²) in [6.07, 6.45) is 0.0778. The highest BCUT2D eigenvalue weighted by molar-refractivity contribution is 7.89. The van der Waals surface area contributed by atoms with Gasteiger partial charge < -0.3 is 5.32 Å². The van der Waals surface area contributed by atoms with Gasteiger partial charge in [-0.1, -0.05) is 54.6 Å². The number of hydrogen-bond donors (Lipinski definition) is 1. The molecular formula is C27H25FN4O4S. The van der Waals surface area contributed by atoms with Gasteiger partial charge in [-0.15, -0.1) is 0 Å². The minimum Gasteiger partial charge on any atom is -0.319 e. The van der Waals surface area contributed by atoms with Crippen molar-refractivity contribution >= 4 is 21.6 Å². The van der Waals surface area contributed by atoms with E-state index >= 15 is 0 Å². The van der Waals surface area contributed by atoms with E-state index in [1.807, 2.05) is 18.2 Å². The van der Waals surface area contributed by atoms with Crippen LogP contribution in [0.4, 0.5) is 10.1 Å². The van der Waals surface area contributed by atoms with Gasteiger partial charge in [0.15, 0.2) is 0 Å². The van der Waals surface area contributed by atoms with E-state index in [1.165, 1.54) is 22.9 Å². The number of nitrogens with zero attached hydrogens (tertiary/aromatic N) is 3. The average molecular weight is 521 g/mol. The minimum absolute atomic E-state index is 0.0541. The summed E-state index contributed by atoms with van der Waals surface area (Å²) in [4.78, 5) is 26.5. The van der Waals surface area contributed by atoms with Crippen molar-refractivity contribution in [2.75, 3.05) is 5.32 Å². The molecule has 1 aliphatic rings. The largest absolute Gasteiger partial charge is 0.319 e. The van der Waals surface area contributed by atoms with Gasteiger partial charge in [0, 0.05) is 13.6 Å². The molecule has 37 heavy (non-hydrogen) atoms. The van der Waals surface area contributed by atoms with Gasteiger partial charge in [0.1, 0.15) is 22.4 Å². The van der Waals surface area contributed by atoms with E-state index in [0.29, 0.717) is 11.4 Å². The van der Waals surface area contributed by atoms with Crippen molar-refractivity contribution in [3.05, 3.63) is 112 Å². The Hall–Kier alpha value is -4.02. The van der Waals surface area contributed by atoms with Gasteiger partial charge in [0.2, 0.25) is 15.9 Å². The third kappa shape index (κ3) is 4.28. The molecule has 1 amide bonds. The van der Waals surface area contributed by atoms with Crippen molar-refractivity contribution in [2.45, 2.75) is 30.8 Å². The van der Waals surface area contributed by atoms with Gasteiger partial charge in [-0.3, -0.25) is 14.3 Å². The highest BCUT2D eigenvalue weighted by atomic mass is 32.2. The molecule has 1 unspecified atom stereocenters. The molecule has 1 N–H and O–H groups in total. The second kappa shape index (κ2) is 9.45. The summed E-state index contributed by atoms with van der Waals surface area (Å²) < 4.78 is 45.8. The predicted octanol–water partition coefficient (Wildman–Crippen LogP) is 3.38. The maximum atomic E-state index is 14.6. The van der Waals surface area contributed by atoms with Crippen LogP contribution in [0.15, 0.2) is 88.6 Å². The van der Waals surface area contributed by atoms with Gasteiger partial charge in [0.25, 0.3) is 5.56 Å². The molecular weight excluding hydrogens is 495 g/mol. The Kier molecular flexibility index (Phi) is 6.30. The van der Waals surface area contributed by atoms with Gasteiger partial charge in [0.05, 0.1) is 11.4 Å². The fourth-order valence-corrected chi connectivity index (χ4v) is 6.31. The molecule has 0 aliphatic carbocycles. The van der Waals surface area contributed by atoms with E-state index in [4.69, 9.17) is 0 Å². The summed E-state index contributed by atoms with van der Waals surface area (Å²) >= 11 is 0. The Labute approximate surface area is 213 Å². The van der Waals surface area contributed by atoms with Gasteiger partial charge in [-0.05, 0) is 48.7 Å². The lowest BCUT2D eigenvalue weighted by atomic mass is 9.95. The molecule has 10 heteroatoms. The van der Waals surface area contributed by atoms with Crippen molar-refractivity contribution < 1.29 is 17.6 Å². The first kappa shape index (κ1) is 24.7. The fourth-order valence-electron chi connectivity index (χ4n) is 4.67. The molecule has 190 valence electrons. The summed E-state index contributed by atoms with van der Waals surface area (Å²) in [5.41, 5.74) is 2.27. The van der Waals surface area contributed by atoms with Crippen LogP contribution in [-0.4, -0.2) is 34.0 Å². The number of anilines is 1. The molecule has 0 bridgehead atoms. The van der Waals surface area contributed by atoms with Crippen LogP contribution in [0.25, 0.3) is 5.69 Å². The lowest BCUT2D eigenvalue weighted by molar-refractivity contribution is -0.120. The Morgan fingerprint density at radius 3 is 2.27 bits per heavy atom. The number of rotatable bonds is 5. The zero-order valence-electron chi connectivity index (χ0n) is 20.3. The second-order valence-electron chi connectivity index (χ2n) is 8.90.